The van der Waals surface area contributed by atoms with Gasteiger partial charge in [0.1, 0.15) is 0 Å². The number of methoxy groups -OCH3 is 1. The molecule has 1 fully saturated rings. The van der Waals surface area contributed by atoms with Crippen LogP contribution in [0.5, 0.6) is 0 Å². The lowest BCUT2D eigenvalue weighted by Crippen LogP contribution is -2.50. The zero-order valence-electron chi connectivity index (χ0n) is 10.4. The molecule has 2 rings (SSSR count). The van der Waals surface area contributed by atoms with Crippen LogP contribution in [0.3, 0.4) is 0 Å². The molecule has 1 aromatic rings. The molecule has 1 aromatic heterocycles. The Balaban J connectivity index is 1.96. The number of carbonyl (C=O) groups is 2. The van der Waals surface area contributed by atoms with E-state index in [1.54, 1.807) is 9.80 Å². The first kappa shape index (κ1) is 13.5. The summed E-state index contributed by atoms with van der Waals surface area (Å²) < 4.78 is 4.63. The maximum atomic E-state index is 12.1. The van der Waals surface area contributed by atoms with Crippen LogP contribution in [0.4, 0.5) is 4.79 Å². The van der Waals surface area contributed by atoms with E-state index in [1.165, 1.54) is 19.2 Å². The number of rotatable bonds is 1. The lowest BCUT2D eigenvalue weighted by molar-refractivity contribution is 0.0593. The molecule has 0 atom stereocenters. The minimum absolute atomic E-state index is 0.214. The van der Waals surface area contributed by atoms with Crippen molar-refractivity contribution in [3.05, 3.63) is 23.0 Å². The molecule has 1 saturated heterocycles. The Morgan fingerprint density at radius 3 is 2.32 bits per heavy atom. The van der Waals surface area contributed by atoms with Crippen LogP contribution in [-0.4, -0.2) is 65.3 Å². The first-order valence-electron chi connectivity index (χ1n) is 5.73. The fourth-order valence-electron chi connectivity index (χ4n) is 1.81. The molecular formula is C11H13ClN4O3. The van der Waals surface area contributed by atoms with Crippen LogP contribution in [0, 0.1) is 0 Å². The second kappa shape index (κ2) is 5.83. The first-order chi connectivity index (χ1) is 9.11. The number of hydrogen-bond donors (Lipinski definition) is 0. The maximum Gasteiger partial charge on any atom is 0.409 e. The summed E-state index contributed by atoms with van der Waals surface area (Å²) in [4.78, 5) is 26.6. The Kier molecular flexibility index (Phi) is 4.16. The van der Waals surface area contributed by atoms with Crippen molar-refractivity contribution in [1.82, 2.24) is 20.0 Å². The second-order valence-electron chi connectivity index (χ2n) is 3.99. The average molecular weight is 285 g/mol. The van der Waals surface area contributed by atoms with Gasteiger partial charge in [0, 0.05) is 26.2 Å². The lowest BCUT2D eigenvalue weighted by atomic mass is 10.3. The molecule has 0 aromatic carbocycles. The Morgan fingerprint density at radius 1 is 1.16 bits per heavy atom. The molecule has 0 aliphatic carbocycles. The van der Waals surface area contributed by atoms with Gasteiger partial charge in [-0.25, -0.2) is 4.79 Å². The number of ether oxygens (including phenoxy) is 1. The lowest BCUT2D eigenvalue weighted by Gasteiger charge is -2.33. The zero-order chi connectivity index (χ0) is 13.8. The third-order valence-corrected chi connectivity index (χ3v) is 3.05. The van der Waals surface area contributed by atoms with E-state index in [4.69, 9.17) is 11.6 Å². The van der Waals surface area contributed by atoms with Gasteiger partial charge in [-0.05, 0) is 12.1 Å². The van der Waals surface area contributed by atoms with E-state index in [0.717, 1.165) is 0 Å². The Bertz CT molecular complexity index is 471. The number of amides is 2. The largest absolute Gasteiger partial charge is 0.453 e. The normalized spacial score (nSPS) is 15.3. The van der Waals surface area contributed by atoms with Crippen molar-refractivity contribution in [2.45, 2.75) is 0 Å². The van der Waals surface area contributed by atoms with Crippen molar-refractivity contribution in [3.8, 4) is 0 Å². The van der Waals surface area contributed by atoms with Crippen LogP contribution in [-0.2, 0) is 4.74 Å². The van der Waals surface area contributed by atoms with Gasteiger partial charge in [-0.3, -0.25) is 4.79 Å². The van der Waals surface area contributed by atoms with Gasteiger partial charge in [-0.2, -0.15) is 0 Å². The van der Waals surface area contributed by atoms with E-state index in [2.05, 4.69) is 14.9 Å². The Morgan fingerprint density at radius 2 is 1.79 bits per heavy atom. The predicted molar refractivity (Wildman–Crippen MR) is 66.9 cm³/mol. The van der Waals surface area contributed by atoms with Gasteiger partial charge in [0.15, 0.2) is 10.8 Å². The molecular weight excluding hydrogens is 272 g/mol. The molecule has 1 aliphatic heterocycles. The van der Waals surface area contributed by atoms with Crippen LogP contribution in [0.1, 0.15) is 10.5 Å². The number of hydrogen-bond acceptors (Lipinski definition) is 5. The highest BCUT2D eigenvalue weighted by Gasteiger charge is 2.25. The van der Waals surface area contributed by atoms with Crippen molar-refractivity contribution < 1.29 is 14.3 Å². The van der Waals surface area contributed by atoms with E-state index in [0.29, 0.717) is 26.2 Å². The van der Waals surface area contributed by atoms with Crippen LogP contribution in [0.15, 0.2) is 12.1 Å². The summed E-state index contributed by atoms with van der Waals surface area (Å²) >= 11 is 5.62. The van der Waals surface area contributed by atoms with E-state index >= 15 is 0 Å². The summed E-state index contributed by atoms with van der Waals surface area (Å²) in [5, 5.41) is 7.62. The van der Waals surface area contributed by atoms with Crippen LogP contribution in [0.2, 0.25) is 5.15 Å². The topological polar surface area (TPSA) is 75.6 Å². The molecule has 0 N–H and O–H groups in total. The van der Waals surface area contributed by atoms with E-state index in [-0.39, 0.29) is 22.8 Å². The van der Waals surface area contributed by atoms with E-state index in [1.807, 2.05) is 0 Å². The third kappa shape index (κ3) is 3.11. The van der Waals surface area contributed by atoms with Gasteiger partial charge >= 0.3 is 6.09 Å². The molecule has 0 unspecified atom stereocenters. The highest BCUT2D eigenvalue weighted by Crippen LogP contribution is 2.09. The zero-order valence-corrected chi connectivity index (χ0v) is 11.1. The fraction of sp³-hybridized carbons (Fsp3) is 0.455. The minimum Gasteiger partial charge on any atom is -0.453 e. The van der Waals surface area contributed by atoms with Gasteiger partial charge in [0.05, 0.1) is 7.11 Å². The molecule has 0 saturated carbocycles. The molecule has 0 radical (unpaired) electrons. The van der Waals surface area contributed by atoms with Crippen molar-refractivity contribution in [1.29, 1.82) is 0 Å². The van der Waals surface area contributed by atoms with Crippen LogP contribution in [0.25, 0.3) is 0 Å². The molecule has 102 valence electrons. The van der Waals surface area contributed by atoms with Crippen molar-refractivity contribution in [3.63, 3.8) is 0 Å². The number of halogens is 1. The molecule has 8 heteroatoms. The summed E-state index contributed by atoms with van der Waals surface area (Å²) in [5.41, 5.74) is 0.246. The summed E-state index contributed by atoms with van der Waals surface area (Å²) in [6.07, 6.45) is -0.376. The molecule has 2 heterocycles. The Labute approximate surface area is 115 Å². The monoisotopic (exact) mass is 284 g/mol. The quantitative estimate of drug-likeness (QED) is 0.757. The summed E-state index contributed by atoms with van der Waals surface area (Å²) in [7, 11) is 1.34. The molecule has 2 amide bonds. The molecule has 7 nitrogen and oxygen atoms in total. The SMILES string of the molecule is COC(=O)N1CCN(C(=O)c2ccc(Cl)nn2)CC1. The van der Waals surface area contributed by atoms with Crippen LogP contribution >= 0.6 is 11.6 Å². The predicted octanol–water partition coefficient (Wildman–Crippen LogP) is 0.654. The standard InChI is InChI=1S/C11H13ClN4O3/c1-19-11(18)16-6-4-15(5-7-16)10(17)8-2-3-9(12)14-13-8/h2-3H,4-7H2,1H3. The van der Waals surface area contributed by atoms with Crippen LogP contribution < -0.4 is 0 Å². The number of carbonyl (C=O) groups excluding carboxylic acids is 2. The molecule has 0 bridgehead atoms. The van der Waals surface area contributed by atoms with Crippen molar-refractivity contribution in [2.75, 3.05) is 33.3 Å². The highest BCUT2D eigenvalue weighted by molar-refractivity contribution is 6.29. The fourth-order valence-corrected chi connectivity index (χ4v) is 1.91. The van der Waals surface area contributed by atoms with Crippen molar-refractivity contribution >= 4 is 23.6 Å². The number of piperazine rings is 1. The van der Waals surface area contributed by atoms with Gasteiger partial charge in [-0.1, -0.05) is 11.6 Å². The summed E-state index contributed by atoms with van der Waals surface area (Å²) in [6, 6.07) is 3.05. The van der Waals surface area contributed by atoms with Gasteiger partial charge in [0.25, 0.3) is 5.91 Å². The summed E-state index contributed by atoms with van der Waals surface area (Å²) in [6.45, 7) is 1.77. The van der Waals surface area contributed by atoms with E-state index < -0.39 is 0 Å². The van der Waals surface area contributed by atoms with Gasteiger partial charge in [-0.15, -0.1) is 10.2 Å². The third-order valence-electron chi connectivity index (χ3n) is 2.85. The number of aromatic nitrogens is 2. The minimum atomic E-state index is -0.376. The molecule has 1 aliphatic rings. The summed E-state index contributed by atoms with van der Waals surface area (Å²) in [5.74, 6) is -0.214. The van der Waals surface area contributed by atoms with Crippen molar-refractivity contribution in [2.24, 2.45) is 0 Å². The van der Waals surface area contributed by atoms with E-state index in [9.17, 15) is 9.59 Å². The maximum absolute atomic E-state index is 12.1. The Hall–Kier alpha value is -1.89. The smallest absolute Gasteiger partial charge is 0.409 e. The molecule has 19 heavy (non-hydrogen) atoms. The average Bonchev–Trinajstić information content (AvgIpc) is 2.46. The number of nitrogens with zero attached hydrogens (tertiary/aromatic N) is 4. The van der Waals surface area contributed by atoms with Gasteiger partial charge in [0.2, 0.25) is 0 Å². The highest BCUT2D eigenvalue weighted by atomic mass is 35.5. The second-order valence-corrected chi connectivity index (χ2v) is 4.38. The van der Waals surface area contributed by atoms with Gasteiger partial charge < -0.3 is 14.5 Å². The molecule has 0 spiro atoms. The first-order valence-corrected chi connectivity index (χ1v) is 6.11.